The SMILES string of the molecule is C#CCOCCOCCOCCNc1nc(N2CCN(C(=O)[C@H](CO)n3cc([C@@H](N)C(C)C)nn3)CC2)nc(N2CCN(C(=O)[C@H](CCC(=O)O)n3cc([C@@H](N)[C@H](C)CC)nn3)CC2)n1. The number of piperazine rings is 2. The van der Waals surface area contributed by atoms with Crippen LogP contribution in [0.15, 0.2) is 12.4 Å². The van der Waals surface area contributed by atoms with E-state index in [2.05, 4.69) is 31.9 Å². The first-order valence-electron chi connectivity index (χ1n) is 22.3. The van der Waals surface area contributed by atoms with Gasteiger partial charge in [-0.25, -0.2) is 9.36 Å². The van der Waals surface area contributed by atoms with E-state index in [1.54, 1.807) is 22.2 Å². The first-order valence-corrected chi connectivity index (χ1v) is 22.3. The number of terminal acetylenes is 1. The molecule has 3 aromatic heterocycles. The number of rotatable bonds is 26. The summed E-state index contributed by atoms with van der Waals surface area (Å²) < 4.78 is 19.2. The Balaban J connectivity index is 1.25. The van der Waals surface area contributed by atoms with Gasteiger partial charge < -0.3 is 60.8 Å². The third-order valence-electron chi connectivity index (χ3n) is 11.5. The summed E-state index contributed by atoms with van der Waals surface area (Å²) in [7, 11) is 0. The Morgan fingerprint density at radius 2 is 1.28 bits per heavy atom. The first-order chi connectivity index (χ1) is 31.3. The molecule has 0 aliphatic carbocycles. The average molecular weight is 911 g/mol. The number of amides is 2. The van der Waals surface area contributed by atoms with Crippen molar-refractivity contribution >= 4 is 35.6 Å². The van der Waals surface area contributed by atoms with E-state index in [0.29, 0.717) is 121 Å². The van der Waals surface area contributed by atoms with E-state index in [1.165, 1.54) is 9.36 Å². The molecule has 65 heavy (non-hydrogen) atoms. The fourth-order valence-corrected chi connectivity index (χ4v) is 7.18. The number of ether oxygens (including phenoxy) is 3. The van der Waals surface area contributed by atoms with Crippen molar-refractivity contribution in [2.45, 2.75) is 71.1 Å². The monoisotopic (exact) mass is 911 g/mol. The van der Waals surface area contributed by atoms with E-state index in [4.69, 9.17) is 47.1 Å². The summed E-state index contributed by atoms with van der Waals surface area (Å²) in [6, 6.07) is -2.57. The molecule has 5 rings (SSSR count). The van der Waals surface area contributed by atoms with E-state index in [1.807, 2.05) is 37.5 Å². The van der Waals surface area contributed by atoms with Crippen LogP contribution in [0, 0.1) is 24.2 Å². The first kappa shape index (κ1) is 50.4. The second kappa shape index (κ2) is 25.2. The van der Waals surface area contributed by atoms with Crippen molar-refractivity contribution in [3.63, 3.8) is 0 Å². The lowest BCUT2D eigenvalue weighted by Gasteiger charge is -2.38. The number of carboxylic acids is 1. The molecular formula is C41H66N16O8. The van der Waals surface area contributed by atoms with Crippen molar-refractivity contribution in [2.24, 2.45) is 23.3 Å². The minimum absolute atomic E-state index is 0.0361. The lowest BCUT2D eigenvalue weighted by atomic mass is 9.98. The fourth-order valence-electron chi connectivity index (χ4n) is 7.18. The molecular weight excluding hydrogens is 845 g/mol. The zero-order valence-electron chi connectivity index (χ0n) is 37.9. The lowest BCUT2D eigenvalue weighted by Crippen LogP contribution is -2.52. The molecule has 0 radical (unpaired) electrons. The minimum atomic E-state index is -1.02. The minimum Gasteiger partial charge on any atom is -0.481 e. The van der Waals surface area contributed by atoms with Gasteiger partial charge >= 0.3 is 5.97 Å². The molecule has 0 spiro atoms. The number of carbonyl (C=O) groups is 3. The zero-order chi connectivity index (χ0) is 46.9. The van der Waals surface area contributed by atoms with E-state index in [9.17, 15) is 24.6 Å². The summed E-state index contributed by atoms with van der Waals surface area (Å²) in [5.74, 6) is 2.20. The van der Waals surface area contributed by atoms with Gasteiger partial charge in [-0.15, -0.1) is 16.6 Å². The summed E-state index contributed by atoms with van der Waals surface area (Å²) in [6.45, 7) is 12.9. The number of nitrogens with two attached hydrogens (primary N) is 2. The van der Waals surface area contributed by atoms with Gasteiger partial charge in [0.2, 0.25) is 29.7 Å². The fraction of sp³-hybridized carbons (Fsp3) is 0.707. The van der Waals surface area contributed by atoms with Crippen LogP contribution in [-0.4, -0.2) is 188 Å². The molecule has 5 heterocycles. The van der Waals surface area contributed by atoms with Crippen LogP contribution in [-0.2, 0) is 28.6 Å². The van der Waals surface area contributed by atoms with Crippen molar-refractivity contribution in [3.05, 3.63) is 23.8 Å². The van der Waals surface area contributed by atoms with Crippen LogP contribution in [0.3, 0.4) is 0 Å². The highest BCUT2D eigenvalue weighted by molar-refractivity contribution is 5.81. The molecule has 2 aliphatic heterocycles. The van der Waals surface area contributed by atoms with Crippen LogP contribution in [0.2, 0.25) is 0 Å². The van der Waals surface area contributed by atoms with Gasteiger partial charge in [-0.05, 0) is 18.3 Å². The van der Waals surface area contributed by atoms with Crippen LogP contribution in [0.4, 0.5) is 17.8 Å². The number of carbonyl (C=O) groups excluding carboxylic acids is 2. The summed E-state index contributed by atoms with van der Waals surface area (Å²) in [5.41, 5.74) is 13.7. The molecule has 24 nitrogen and oxygen atoms in total. The van der Waals surface area contributed by atoms with Gasteiger partial charge in [-0.3, -0.25) is 14.4 Å². The van der Waals surface area contributed by atoms with Gasteiger partial charge in [0.05, 0.1) is 75.5 Å². The number of nitrogens with zero attached hydrogens (tertiary/aromatic N) is 13. The number of hydrogen-bond acceptors (Lipinski definition) is 19. The van der Waals surface area contributed by atoms with Crippen LogP contribution < -0.4 is 26.6 Å². The molecule has 2 saturated heterocycles. The van der Waals surface area contributed by atoms with Crippen molar-refractivity contribution in [3.8, 4) is 12.3 Å². The number of aromatic nitrogens is 9. The van der Waals surface area contributed by atoms with Gasteiger partial charge in [0.1, 0.15) is 12.6 Å². The Labute approximate surface area is 379 Å². The standard InChI is InChI=1S/C41H66N16O8/c1-6-19-63-21-23-65-24-22-64-20-10-44-39-45-40(47-41(46-39)55-17-13-53(14-18-55)38(62)33(27-58)57-25-30(48-51-57)35(42)28(3)4)54-15-11-52(12-16-54)37(61)32(8-9-34(59)60)56-26-31(49-50-56)36(43)29(5)7-2/h1,25-26,28-29,32-33,35-36,58H,7-24,27,42-43H2,2-5H3,(H,59,60)(H,44,45,46,47)/t29-,32+,33+,35+,36+/m1/s1. The smallest absolute Gasteiger partial charge is 0.303 e. The molecule has 358 valence electrons. The molecule has 2 fully saturated rings. The number of aliphatic hydroxyl groups is 1. The highest BCUT2D eigenvalue weighted by Crippen LogP contribution is 2.25. The van der Waals surface area contributed by atoms with E-state index < -0.39 is 24.7 Å². The van der Waals surface area contributed by atoms with Gasteiger partial charge in [0, 0.05) is 65.3 Å². The van der Waals surface area contributed by atoms with Gasteiger partial charge in [0.15, 0.2) is 6.04 Å². The zero-order valence-corrected chi connectivity index (χ0v) is 37.9. The maximum absolute atomic E-state index is 14.0. The third kappa shape index (κ3) is 14.2. The van der Waals surface area contributed by atoms with E-state index in [-0.39, 0.29) is 55.2 Å². The normalized spacial score (nSPS) is 16.8. The number of hydrogen-bond donors (Lipinski definition) is 5. The summed E-state index contributed by atoms with van der Waals surface area (Å²) in [6.07, 6.45) is 9.09. The summed E-state index contributed by atoms with van der Waals surface area (Å²) >= 11 is 0. The van der Waals surface area contributed by atoms with Crippen LogP contribution in [0.5, 0.6) is 0 Å². The molecule has 0 aromatic carbocycles. The second-order valence-corrected chi connectivity index (χ2v) is 16.4. The Bertz CT molecular complexity index is 1990. The number of aliphatic carboxylic acids is 1. The Hall–Kier alpha value is -5.58. The number of carboxylic acid groups (broad SMARTS) is 1. The lowest BCUT2D eigenvalue weighted by molar-refractivity contribution is -0.139. The van der Waals surface area contributed by atoms with E-state index >= 15 is 0 Å². The number of nitrogens with one attached hydrogen (secondary N) is 1. The molecule has 7 N–H and O–H groups in total. The van der Waals surface area contributed by atoms with Gasteiger partial charge in [-0.2, -0.15) is 15.0 Å². The third-order valence-corrected chi connectivity index (χ3v) is 11.5. The number of aliphatic hydroxyl groups excluding tert-OH is 1. The average Bonchev–Trinajstić information content (AvgIpc) is 4.01. The number of anilines is 3. The summed E-state index contributed by atoms with van der Waals surface area (Å²) in [4.78, 5) is 61.0. The van der Waals surface area contributed by atoms with Crippen molar-refractivity contribution in [1.82, 2.24) is 54.7 Å². The van der Waals surface area contributed by atoms with E-state index in [0.717, 1.165) is 6.42 Å². The summed E-state index contributed by atoms with van der Waals surface area (Å²) in [5, 5.41) is 39.7. The maximum atomic E-state index is 14.0. The Kier molecular flexibility index (Phi) is 19.6. The molecule has 3 aromatic rings. The highest BCUT2D eigenvalue weighted by Gasteiger charge is 2.34. The highest BCUT2D eigenvalue weighted by atomic mass is 16.5. The maximum Gasteiger partial charge on any atom is 0.303 e. The molecule has 0 saturated carbocycles. The van der Waals surface area contributed by atoms with Gasteiger partial charge in [0.25, 0.3) is 0 Å². The molecule has 24 heteroatoms. The molecule has 0 bridgehead atoms. The molecule has 2 aliphatic rings. The van der Waals surface area contributed by atoms with Crippen LogP contribution in [0.25, 0.3) is 0 Å². The predicted octanol–water partition coefficient (Wildman–Crippen LogP) is -0.512. The molecule has 2 amide bonds. The Morgan fingerprint density at radius 3 is 1.78 bits per heavy atom. The van der Waals surface area contributed by atoms with Crippen molar-refractivity contribution in [2.75, 3.05) is 120 Å². The largest absolute Gasteiger partial charge is 0.481 e. The van der Waals surface area contributed by atoms with Crippen molar-refractivity contribution in [1.29, 1.82) is 0 Å². The van der Waals surface area contributed by atoms with Gasteiger partial charge in [-0.1, -0.05) is 50.5 Å². The second-order valence-electron chi connectivity index (χ2n) is 16.4. The predicted molar refractivity (Wildman–Crippen MR) is 237 cm³/mol. The van der Waals surface area contributed by atoms with Crippen molar-refractivity contribution < 1.29 is 38.8 Å². The molecule has 5 atom stereocenters. The quantitative estimate of drug-likeness (QED) is 0.0500. The Morgan fingerprint density at radius 1 is 0.769 bits per heavy atom. The topological polar surface area (TPSA) is 296 Å². The van der Waals surface area contributed by atoms with Crippen LogP contribution >= 0.6 is 0 Å². The molecule has 0 unspecified atom stereocenters. The van der Waals surface area contributed by atoms with Crippen LogP contribution in [0.1, 0.15) is 82.5 Å².